The van der Waals surface area contributed by atoms with Crippen LogP contribution in [0.5, 0.6) is 0 Å². The quantitative estimate of drug-likeness (QED) is 0.515. The number of hydrogen-bond acceptors (Lipinski definition) is 5. The zero-order valence-corrected chi connectivity index (χ0v) is 13.0. The summed E-state index contributed by atoms with van der Waals surface area (Å²) in [5.41, 5.74) is 0. The minimum absolute atomic E-state index is 0.0150. The van der Waals surface area contributed by atoms with E-state index >= 15 is 0 Å². The molecule has 2 N–H and O–H groups in total. The van der Waals surface area contributed by atoms with Crippen LogP contribution in [0.3, 0.4) is 0 Å². The van der Waals surface area contributed by atoms with Gasteiger partial charge < -0.3 is 20.1 Å². The van der Waals surface area contributed by atoms with Crippen LogP contribution in [0.1, 0.15) is 27.7 Å². The smallest absolute Gasteiger partial charge is 0.331 e. The predicted octanol–water partition coefficient (Wildman–Crippen LogP) is 0.993. The molecule has 0 aliphatic heterocycles. The highest BCUT2D eigenvalue weighted by atomic mass is 16.5. The second kappa shape index (κ2) is 10.7. The van der Waals surface area contributed by atoms with E-state index in [-0.39, 0.29) is 25.3 Å². The molecule has 0 unspecified atom stereocenters. The molecule has 0 aliphatic rings. The second-order valence-electron chi connectivity index (χ2n) is 4.86. The van der Waals surface area contributed by atoms with E-state index in [0.29, 0.717) is 12.5 Å². The first-order valence-electron chi connectivity index (χ1n) is 6.91. The molecule has 0 bridgehead atoms. The summed E-state index contributed by atoms with van der Waals surface area (Å²) in [6, 6.07) is -0.647. The lowest BCUT2D eigenvalue weighted by molar-refractivity contribution is -0.140. The van der Waals surface area contributed by atoms with E-state index in [0.717, 1.165) is 12.2 Å². The van der Waals surface area contributed by atoms with E-state index < -0.39 is 11.9 Å². The molecule has 0 rings (SSSR count). The summed E-state index contributed by atoms with van der Waals surface area (Å²) >= 11 is 0. The lowest BCUT2D eigenvalue weighted by Gasteiger charge is -2.15. The third-order valence-corrected chi connectivity index (χ3v) is 2.17. The third-order valence-electron chi connectivity index (χ3n) is 2.17. The van der Waals surface area contributed by atoms with Gasteiger partial charge in [0.1, 0.15) is 6.61 Å². The largest absolute Gasteiger partial charge is 0.463 e. The molecule has 0 spiro atoms. The number of carbonyl (C=O) groups excluding carboxylic acids is 3. The summed E-state index contributed by atoms with van der Waals surface area (Å²) in [4.78, 5) is 33.7. The second-order valence-corrected chi connectivity index (χ2v) is 4.86. The van der Waals surface area contributed by atoms with E-state index in [1.165, 1.54) is 0 Å². The average Bonchev–Trinajstić information content (AvgIpc) is 2.41. The Balaban J connectivity index is 3.91. The summed E-state index contributed by atoms with van der Waals surface area (Å²) in [6.07, 6.45) is 1.99. The summed E-state index contributed by atoms with van der Waals surface area (Å²) in [5.74, 6) is -0.912. The van der Waals surface area contributed by atoms with Gasteiger partial charge in [0.2, 0.25) is 0 Å². The number of ether oxygens (including phenoxy) is 2. The maximum atomic E-state index is 11.5. The Labute approximate surface area is 125 Å². The van der Waals surface area contributed by atoms with Gasteiger partial charge in [0.15, 0.2) is 0 Å². The van der Waals surface area contributed by atoms with E-state index in [4.69, 9.17) is 4.74 Å². The third kappa shape index (κ3) is 11.5. The fraction of sp³-hybridized carbons (Fsp3) is 0.643. The number of hydrogen-bond donors (Lipinski definition) is 2. The van der Waals surface area contributed by atoms with Crippen molar-refractivity contribution in [3.05, 3.63) is 12.2 Å². The number of nitrogens with one attached hydrogen (secondary N) is 2. The minimum Gasteiger partial charge on any atom is -0.463 e. The van der Waals surface area contributed by atoms with Gasteiger partial charge in [0, 0.05) is 18.7 Å². The maximum Gasteiger partial charge on any atom is 0.331 e. The molecule has 0 radical (unpaired) electrons. The molecule has 0 heterocycles. The highest BCUT2D eigenvalue weighted by molar-refractivity contribution is 5.91. The van der Waals surface area contributed by atoms with Crippen molar-refractivity contribution >= 4 is 18.0 Å². The first-order valence-corrected chi connectivity index (χ1v) is 6.91. The number of rotatable bonds is 8. The zero-order valence-electron chi connectivity index (χ0n) is 13.0. The first kappa shape index (κ1) is 18.9. The standard InChI is InChI=1S/C14H24N2O5/c1-5-20-12(17)6-7-13(18)21-9-11(4)16-14(19)15-8-10(2)3/h6-7,10-11H,5,8-9H2,1-4H3,(H2,15,16,19)/b7-6+/t11-/m0/s1. The highest BCUT2D eigenvalue weighted by Gasteiger charge is 2.09. The van der Waals surface area contributed by atoms with Gasteiger partial charge in [-0.05, 0) is 19.8 Å². The van der Waals surface area contributed by atoms with Gasteiger partial charge in [0.05, 0.1) is 12.6 Å². The van der Waals surface area contributed by atoms with Crippen LogP contribution in [0, 0.1) is 5.92 Å². The Morgan fingerprint density at radius 1 is 1.05 bits per heavy atom. The summed E-state index contributed by atoms with van der Waals surface area (Å²) in [6.45, 7) is 8.17. The summed E-state index contributed by atoms with van der Waals surface area (Å²) in [5, 5.41) is 5.32. The SMILES string of the molecule is CCOC(=O)/C=C/C(=O)OC[C@H](C)NC(=O)NCC(C)C. The van der Waals surface area contributed by atoms with Crippen molar-refractivity contribution in [2.24, 2.45) is 5.92 Å². The van der Waals surface area contributed by atoms with Gasteiger partial charge in [-0.3, -0.25) is 0 Å². The first-order chi connectivity index (χ1) is 9.85. The van der Waals surface area contributed by atoms with Crippen LogP contribution in [0.25, 0.3) is 0 Å². The number of amides is 2. The molecule has 21 heavy (non-hydrogen) atoms. The molecule has 1 atom stereocenters. The van der Waals surface area contributed by atoms with E-state index in [1.807, 2.05) is 13.8 Å². The van der Waals surface area contributed by atoms with Gasteiger partial charge >= 0.3 is 18.0 Å². The zero-order chi connectivity index (χ0) is 16.3. The van der Waals surface area contributed by atoms with Crippen molar-refractivity contribution in [2.75, 3.05) is 19.8 Å². The molecule has 7 heteroatoms. The maximum absolute atomic E-state index is 11.5. The molecule has 0 aromatic heterocycles. The van der Waals surface area contributed by atoms with Gasteiger partial charge in [-0.25, -0.2) is 14.4 Å². The van der Waals surface area contributed by atoms with Gasteiger partial charge in [-0.1, -0.05) is 13.8 Å². The van der Waals surface area contributed by atoms with E-state index in [1.54, 1.807) is 13.8 Å². The molecule has 7 nitrogen and oxygen atoms in total. The molecule has 0 saturated carbocycles. The van der Waals surface area contributed by atoms with E-state index in [9.17, 15) is 14.4 Å². The van der Waals surface area contributed by atoms with Crippen molar-refractivity contribution in [1.82, 2.24) is 10.6 Å². The average molecular weight is 300 g/mol. The number of carbonyl (C=O) groups is 3. The lowest BCUT2D eigenvalue weighted by atomic mass is 10.2. The number of urea groups is 1. The fourth-order valence-electron chi connectivity index (χ4n) is 1.20. The summed E-state index contributed by atoms with van der Waals surface area (Å²) in [7, 11) is 0. The molecule has 0 fully saturated rings. The molecular weight excluding hydrogens is 276 g/mol. The molecular formula is C14H24N2O5. The topological polar surface area (TPSA) is 93.7 Å². The molecule has 2 amide bonds. The van der Waals surface area contributed by atoms with Crippen LogP contribution in [0.2, 0.25) is 0 Å². The van der Waals surface area contributed by atoms with Crippen LogP contribution in [0.15, 0.2) is 12.2 Å². The van der Waals surface area contributed by atoms with Crippen molar-refractivity contribution in [3.8, 4) is 0 Å². The molecule has 0 aromatic rings. The monoisotopic (exact) mass is 300 g/mol. The lowest BCUT2D eigenvalue weighted by Crippen LogP contribution is -2.44. The van der Waals surface area contributed by atoms with Crippen molar-refractivity contribution in [3.63, 3.8) is 0 Å². The molecule has 0 aromatic carbocycles. The fourth-order valence-corrected chi connectivity index (χ4v) is 1.20. The molecule has 0 saturated heterocycles. The van der Waals surface area contributed by atoms with Crippen molar-refractivity contribution in [2.45, 2.75) is 33.7 Å². The Morgan fingerprint density at radius 3 is 2.14 bits per heavy atom. The van der Waals surface area contributed by atoms with Crippen LogP contribution < -0.4 is 10.6 Å². The van der Waals surface area contributed by atoms with Crippen LogP contribution >= 0.6 is 0 Å². The van der Waals surface area contributed by atoms with Gasteiger partial charge in [-0.15, -0.1) is 0 Å². The van der Waals surface area contributed by atoms with Gasteiger partial charge in [-0.2, -0.15) is 0 Å². The Morgan fingerprint density at radius 2 is 1.62 bits per heavy atom. The molecule has 0 aliphatic carbocycles. The van der Waals surface area contributed by atoms with Crippen molar-refractivity contribution in [1.29, 1.82) is 0 Å². The Hall–Kier alpha value is -2.05. The number of esters is 2. The van der Waals surface area contributed by atoms with Gasteiger partial charge in [0.25, 0.3) is 0 Å². The van der Waals surface area contributed by atoms with Crippen LogP contribution in [-0.2, 0) is 19.1 Å². The Bertz CT molecular complexity index is 380. The van der Waals surface area contributed by atoms with E-state index in [2.05, 4.69) is 15.4 Å². The summed E-state index contributed by atoms with van der Waals surface area (Å²) < 4.78 is 9.50. The van der Waals surface area contributed by atoms with Crippen LogP contribution in [0.4, 0.5) is 4.79 Å². The predicted molar refractivity (Wildman–Crippen MR) is 77.6 cm³/mol. The highest BCUT2D eigenvalue weighted by Crippen LogP contribution is 1.90. The Kier molecular flexibility index (Phi) is 9.66. The normalized spacial score (nSPS) is 12.0. The van der Waals surface area contributed by atoms with Crippen molar-refractivity contribution < 1.29 is 23.9 Å². The molecule has 120 valence electrons. The minimum atomic E-state index is -0.667. The van der Waals surface area contributed by atoms with Crippen LogP contribution in [-0.4, -0.2) is 43.8 Å².